The Bertz CT molecular complexity index is 607. The lowest BCUT2D eigenvalue weighted by Crippen LogP contribution is -2.46. The van der Waals surface area contributed by atoms with E-state index in [-0.39, 0.29) is 11.5 Å². The van der Waals surface area contributed by atoms with E-state index < -0.39 is 16.1 Å². The first-order valence-electron chi connectivity index (χ1n) is 7.16. The summed E-state index contributed by atoms with van der Waals surface area (Å²) in [6, 6.07) is 6.10. The van der Waals surface area contributed by atoms with Crippen LogP contribution in [-0.2, 0) is 14.8 Å². The number of sulfonamides is 1. The number of likely N-dealkylation sites (N-methyl/N-ethyl adjacent to an activating group) is 1. The molecular formula is C14H21N3O4S. The number of hydrogen-bond donors (Lipinski definition) is 1. The molecule has 0 spiro atoms. The molecule has 0 aliphatic carbocycles. The van der Waals surface area contributed by atoms with Gasteiger partial charge in [-0.15, -0.1) is 0 Å². The molecule has 0 unspecified atom stereocenters. The van der Waals surface area contributed by atoms with Crippen molar-refractivity contribution in [2.45, 2.75) is 11.8 Å². The van der Waals surface area contributed by atoms with Gasteiger partial charge in [-0.05, 0) is 38.2 Å². The van der Waals surface area contributed by atoms with Crippen LogP contribution in [0.1, 0.15) is 6.92 Å². The second-order valence-electron chi connectivity index (χ2n) is 5.08. The highest BCUT2D eigenvalue weighted by Gasteiger charge is 2.27. The lowest BCUT2D eigenvalue weighted by Gasteiger charge is -2.31. The van der Waals surface area contributed by atoms with Crippen LogP contribution in [0.25, 0.3) is 0 Å². The van der Waals surface area contributed by atoms with Crippen LogP contribution in [0.2, 0.25) is 0 Å². The minimum Gasteiger partial charge on any atom is -0.450 e. The zero-order chi connectivity index (χ0) is 16.2. The summed E-state index contributed by atoms with van der Waals surface area (Å²) in [5.41, 5.74) is 0.496. The molecule has 0 saturated carbocycles. The molecule has 0 aromatic heterocycles. The van der Waals surface area contributed by atoms with Gasteiger partial charge < -0.3 is 9.64 Å². The Hall–Kier alpha value is -1.64. The van der Waals surface area contributed by atoms with E-state index in [9.17, 15) is 13.2 Å². The maximum absolute atomic E-state index is 12.5. The van der Waals surface area contributed by atoms with Crippen LogP contribution < -0.4 is 5.32 Å². The van der Waals surface area contributed by atoms with Gasteiger partial charge in [-0.25, -0.2) is 13.2 Å². The van der Waals surface area contributed by atoms with Gasteiger partial charge in [-0.2, -0.15) is 4.31 Å². The molecule has 1 aliphatic heterocycles. The third-order valence-corrected chi connectivity index (χ3v) is 5.39. The number of hydrogen-bond acceptors (Lipinski definition) is 5. The fraction of sp³-hybridized carbons (Fsp3) is 0.500. The highest BCUT2D eigenvalue weighted by molar-refractivity contribution is 7.89. The van der Waals surface area contributed by atoms with Crippen molar-refractivity contribution in [1.29, 1.82) is 0 Å². The van der Waals surface area contributed by atoms with E-state index in [2.05, 4.69) is 10.2 Å². The maximum atomic E-state index is 12.5. The smallest absolute Gasteiger partial charge is 0.411 e. The number of amides is 1. The maximum Gasteiger partial charge on any atom is 0.411 e. The fourth-order valence-electron chi connectivity index (χ4n) is 2.17. The second-order valence-corrected chi connectivity index (χ2v) is 7.02. The standard InChI is InChI=1S/C14H21N3O4S/c1-3-21-14(18)15-12-4-6-13(7-5-12)22(19,20)17-10-8-16(2)9-11-17/h4-7H,3,8-11H2,1-2H3,(H,15,18). The normalized spacial score (nSPS) is 17.2. The number of piperazine rings is 1. The van der Waals surface area contributed by atoms with Crippen LogP contribution in [0.15, 0.2) is 29.2 Å². The molecule has 0 atom stereocenters. The molecular weight excluding hydrogens is 306 g/mol. The van der Waals surface area contributed by atoms with Gasteiger partial charge in [-0.1, -0.05) is 0 Å². The quantitative estimate of drug-likeness (QED) is 0.899. The van der Waals surface area contributed by atoms with E-state index in [1.54, 1.807) is 19.1 Å². The number of nitrogens with one attached hydrogen (secondary N) is 1. The van der Waals surface area contributed by atoms with Crippen molar-refractivity contribution in [1.82, 2.24) is 9.21 Å². The molecule has 1 aromatic rings. The number of anilines is 1. The van der Waals surface area contributed by atoms with Crippen molar-refractivity contribution in [3.63, 3.8) is 0 Å². The van der Waals surface area contributed by atoms with Crippen LogP contribution in [0.5, 0.6) is 0 Å². The largest absolute Gasteiger partial charge is 0.450 e. The van der Waals surface area contributed by atoms with Crippen molar-refractivity contribution < 1.29 is 17.9 Å². The van der Waals surface area contributed by atoms with Crippen LogP contribution >= 0.6 is 0 Å². The highest BCUT2D eigenvalue weighted by Crippen LogP contribution is 2.19. The lowest BCUT2D eigenvalue weighted by atomic mass is 10.3. The van der Waals surface area contributed by atoms with E-state index in [4.69, 9.17) is 4.74 Å². The van der Waals surface area contributed by atoms with Gasteiger partial charge in [0.2, 0.25) is 10.0 Å². The molecule has 1 fully saturated rings. The van der Waals surface area contributed by atoms with Crippen molar-refractivity contribution in [2.24, 2.45) is 0 Å². The van der Waals surface area contributed by atoms with Gasteiger partial charge in [0.05, 0.1) is 11.5 Å². The van der Waals surface area contributed by atoms with E-state index in [1.165, 1.54) is 16.4 Å². The minimum absolute atomic E-state index is 0.228. The number of carbonyl (C=O) groups is 1. The molecule has 2 rings (SSSR count). The van der Waals surface area contributed by atoms with Gasteiger partial charge >= 0.3 is 6.09 Å². The number of carbonyl (C=O) groups excluding carboxylic acids is 1. The molecule has 1 saturated heterocycles. The first-order valence-corrected chi connectivity index (χ1v) is 8.60. The molecule has 1 amide bonds. The Labute approximate surface area is 130 Å². The molecule has 1 heterocycles. The number of ether oxygens (including phenoxy) is 1. The van der Waals surface area contributed by atoms with E-state index in [1.807, 2.05) is 7.05 Å². The molecule has 122 valence electrons. The Morgan fingerprint density at radius 1 is 1.18 bits per heavy atom. The van der Waals surface area contributed by atoms with Crippen molar-refractivity contribution >= 4 is 21.8 Å². The first kappa shape index (κ1) is 16.7. The third-order valence-electron chi connectivity index (χ3n) is 3.48. The van der Waals surface area contributed by atoms with E-state index in [0.717, 1.165) is 13.1 Å². The Balaban J connectivity index is 2.07. The van der Waals surface area contributed by atoms with Crippen LogP contribution in [0.3, 0.4) is 0 Å². The first-order chi connectivity index (χ1) is 10.4. The van der Waals surface area contributed by atoms with E-state index >= 15 is 0 Å². The molecule has 1 aromatic carbocycles. The summed E-state index contributed by atoms with van der Waals surface area (Å²) in [6.07, 6.45) is -0.558. The fourth-order valence-corrected chi connectivity index (χ4v) is 3.59. The minimum atomic E-state index is -3.48. The van der Waals surface area contributed by atoms with Crippen LogP contribution in [0.4, 0.5) is 10.5 Å². The Kier molecular flexibility index (Phi) is 5.38. The molecule has 0 bridgehead atoms. The zero-order valence-corrected chi connectivity index (χ0v) is 13.6. The summed E-state index contributed by atoms with van der Waals surface area (Å²) < 4.78 is 31.3. The topological polar surface area (TPSA) is 78.9 Å². The summed E-state index contributed by atoms with van der Waals surface area (Å²) in [4.78, 5) is 13.6. The van der Waals surface area contributed by atoms with Gasteiger partial charge in [0.25, 0.3) is 0 Å². The summed E-state index contributed by atoms with van der Waals surface area (Å²) >= 11 is 0. The molecule has 8 heteroatoms. The summed E-state index contributed by atoms with van der Waals surface area (Å²) in [5.74, 6) is 0. The van der Waals surface area contributed by atoms with Crippen LogP contribution in [-0.4, -0.2) is 63.5 Å². The number of benzene rings is 1. The number of rotatable bonds is 4. The molecule has 1 N–H and O–H groups in total. The Morgan fingerprint density at radius 2 is 1.77 bits per heavy atom. The van der Waals surface area contributed by atoms with Crippen LogP contribution in [0, 0.1) is 0 Å². The monoisotopic (exact) mass is 327 g/mol. The summed E-state index contributed by atoms with van der Waals surface area (Å²) in [6.45, 7) is 4.42. The Morgan fingerprint density at radius 3 is 2.32 bits per heavy atom. The highest BCUT2D eigenvalue weighted by atomic mass is 32.2. The SMILES string of the molecule is CCOC(=O)Nc1ccc(S(=O)(=O)N2CCN(C)CC2)cc1. The average molecular weight is 327 g/mol. The molecule has 7 nitrogen and oxygen atoms in total. The predicted octanol–water partition coefficient (Wildman–Crippen LogP) is 1.19. The molecule has 0 radical (unpaired) electrons. The third kappa shape index (κ3) is 3.96. The van der Waals surface area contributed by atoms with E-state index in [0.29, 0.717) is 18.8 Å². The zero-order valence-electron chi connectivity index (χ0n) is 12.8. The van der Waals surface area contributed by atoms with Crippen molar-refractivity contribution in [3.05, 3.63) is 24.3 Å². The molecule has 1 aliphatic rings. The van der Waals surface area contributed by atoms with Gasteiger partial charge in [0.15, 0.2) is 0 Å². The summed E-state index contributed by atoms with van der Waals surface area (Å²) in [5, 5.41) is 2.53. The van der Waals surface area contributed by atoms with Gasteiger partial charge in [-0.3, -0.25) is 5.32 Å². The van der Waals surface area contributed by atoms with Crippen molar-refractivity contribution in [3.8, 4) is 0 Å². The lowest BCUT2D eigenvalue weighted by molar-refractivity contribution is 0.168. The van der Waals surface area contributed by atoms with Crippen molar-refractivity contribution in [2.75, 3.05) is 45.2 Å². The van der Waals surface area contributed by atoms with Gasteiger partial charge in [0, 0.05) is 31.9 Å². The summed E-state index contributed by atoms with van der Waals surface area (Å²) in [7, 11) is -1.51. The molecule has 22 heavy (non-hydrogen) atoms. The second kappa shape index (κ2) is 7.08. The average Bonchev–Trinajstić information content (AvgIpc) is 2.48. The number of nitrogens with zero attached hydrogens (tertiary/aromatic N) is 2. The van der Waals surface area contributed by atoms with Gasteiger partial charge in [0.1, 0.15) is 0 Å². The predicted molar refractivity (Wildman–Crippen MR) is 83.3 cm³/mol.